The normalized spacial score (nSPS) is 14.1. The van der Waals surface area contributed by atoms with Crippen molar-refractivity contribution in [3.05, 3.63) is 45.8 Å². The molecule has 21 heavy (non-hydrogen) atoms. The van der Waals surface area contributed by atoms with Crippen molar-refractivity contribution in [2.75, 3.05) is 0 Å². The standard InChI is InChI=1S/C17H19BrN2O/c1-11(2)14-9-12(18)7-8-16(14)21-17-13-5-3-4-6-15(13)19-10-20-17/h7-11H,3-6H2,1-2H3. The van der Waals surface area contributed by atoms with Crippen LogP contribution < -0.4 is 4.74 Å². The zero-order valence-corrected chi connectivity index (χ0v) is 14.0. The highest BCUT2D eigenvalue weighted by atomic mass is 79.9. The Labute approximate surface area is 133 Å². The maximum Gasteiger partial charge on any atom is 0.225 e. The Morgan fingerprint density at radius 3 is 2.76 bits per heavy atom. The van der Waals surface area contributed by atoms with Gasteiger partial charge in [0.2, 0.25) is 5.88 Å². The van der Waals surface area contributed by atoms with Crippen LogP contribution in [0.15, 0.2) is 29.0 Å². The van der Waals surface area contributed by atoms with E-state index in [0.717, 1.165) is 34.6 Å². The average molecular weight is 347 g/mol. The number of halogens is 1. The van der Waals surface area contributed by atoms with Gasteiger partial charge in [0.1, 0.15) is 12.1 Å². The Morgan fingerprint density at radius 1 is 1.14 bits per heavy atom. The van der Waals surface area contributed by atoms with Crippen LogP contribution in [-0.2, 0) is 12.8 Å². The molecule has 1 aromatic heterocycles. The maximum absolute atomic E-state index is 6.15. The van der Waals surface area contributed by atoms with Crippen LogP contribution in [0.2, 0.25) is 0 Å². The van der Waals surface area contributed by atoms with E-state index in [1.807, 2.05) is 12.1 Å². The molecule has 110 valence electrons. The fraction of sp³-hybridized carbons (Fsp3) is 0.412. The van der Waals surface area contributed by atoms with Gasteiger partial charge in [0.25, 0.3) is 0 Å². The SMILES string of the molecule is CC(C)c1cc(Br)ccc1Oc1ncnc2c1CCCC2. The summed E-state index contributed by atoms with van der Waals surface area (Å²) < 4.78 is 7.22. The summed E-state index contributed by atoms with van der Waals surface area (Å²) in [5.41, 5.74) is 3.52. The molecule has 0 saturated heterocycles. The second-order valence-electron chi connectivity index (χ2n) is 5.75. The average Bonchev–Trinajstić information content (AvgIpc) is 2.49. The highest BCUT2D eigenvalue weighted by Gasteiger charge is 2.18. The third-order valence-corrected chi connectivity index (χ3v) is 4.38. The third kappa shape index (κ3) is 3.10. The third-order valence-electron chi connectivity index (χ3n) is 3.89. The second-order valence-corrected chi connectivity index (χ2v) is 6.67. The fourth-order valence-corrected chi connectivity index (χ4v) is 3.13. The largest absolute Gasteiger partial charge is 0.438 e. The lowest BCUT2D eigenvalue weighted by Crippen LogP contribution is -2.08. The molecule has 4 heteroatoms. The molecule has 1 aromatic carbocycles. The number of nitrogens with zero attached hydrogens (tertiary/aromatic N) is 2. The highest BCUT2D eigenvalue weighted by molar-refractivity contribution is 9.10. The van der Waals surface area contributed by atoms with Gasteiger partial charge in [0.05, 0.1) is 5.69 Å². The Hall–Kier alpha value is -1.42. The molecule has 0 unspecified atom stereocenters. The van der Waals surface area contributed by atoms with E-state index >= 15 is 0 Å². The topological polar surface area (TPSA) is 35.0 Å². The van der Waals surface area contributed by atoms with E-state index in [-0.39, 0.29) is 0 Å². The van der Waals surface area contributed by atoms with Crippen LogP contribution in [0.4, 0.5) is 0 Å². The van der Waals surface area contributed by atoms with E-state index in [1.54, 1.807) is 6.33 Å². The molecule has 0 N–H and O–H groups in total. The number of aryl methyl sites for hydroxylation is 1. The first kappa shape index (κ1) is 14.5. The molecule has 0 amide bonds. The molecule has 1 heterocycles. The first-order chi connectivity index (χ1) is 10.1. The predicted molar refractivity (Wildman–Crippen MR) is 87.0 cm³/mol. The lowest BCUT2D eigenvalue weighted by molar-refractivity contribution is 0.439. The van der Waals surface area contributed by atoms with Crippen LogP contribution in [0.3, 0.4) is 0 Å². The van der Waals surface area contributed by atoms with Gasteiger partial charge in [-0.1, -0.05) is 29.8 Å². The number of hydrogen-bond acceptors (Lipinski definition) is 3. The van der Waals surface area contributed by atoms with Gasteiger partial charge in [-0.2, -0.15) is 0 Å². The number of aromatic nitrogens is 2. The molecule has 0 saturated carbocycles. The molecule has 0 fully saturated rings. The Kier molecular flexibility index (Phi) is 4.24. The van der Waals surface area contributed by atoms with Crippen molar-refractivity contribution in [3.63, 3.8) is 0 Å². The molecule has 2 aromatic rings. The van der Waals surface area contributed by atoms with Crippen molar-refractivity contribution in [2.45, 2.75) is 45.4 Å². The van der Waals surface area contributed by atoms with Crippen molar-refractivity contribution in [2.24, 2.45) is 0 Å². The molecule has 0 atom stereocenters. The lowest BCUT2D eigenvalue weighted by atomic mass is 9.97. The minimum absolute atomic E-state index is 0.398. The molecule has 0 bridgehead atoms. The molecule has 3 rings (SSSR count). The quantitative estimate of drug-likeness (QED) is 0.781. The van der Waals surface area contributed by atoms with Gasteiger partial charge in [-0.05, 0) is 55.4 Å². The molecule has 0 radical (unpaired) electrons. The molecule has 0 spiro atoms. The summed E-state index contributed by atoms with van der Waals surface area (Å²) in [6.07, 6.45) is 6.06. The van der Waals surface area contributed by atoms with Crippen molar-refractivity contribution in [3.8, 4) is 11.6 Å². The first-order valence-electron chi connectivity index (χ1n) is 7.45. The van der Waals surface area contributed by atoms with Crippen LogP contribution >= 0.6 is 15.9 Å². The van der Waals surface area contributed by atoms with Crippen molar-refractivity contribution >= 4 is 15.9 Å². The molecular formula is C17H19BrN2O. The number of fused-ring (bicyclic) bond motifs is 1. The van der Waals surface area contributed by atoms with Crippen molar-refractivity contribution in [1.29, 1.82) is 0 Å². The first-order valence-corrected chi connectivity index (χ1v) is 8.24. The van der Waals surface area contributed by atoms with E-state index in [4.69, 9.17) is 4.74 Å². The van der Waals surface area contributed by atoms with E-state index < -0.39 is 0 Å². The summed E-state index contributed by atoms with van der Waals surface area (Å²) in [7, 11) is 0. The lowest BCUT2D eigenvalue weighted by Gasteiger charge is -2.19. The number of rotatable bonds is 3. The van der Waals surface area contributed by atoms with Gasteiger partial charge in [0, 0.05) is 10.0 Å². The summed E-state index contributed by atoms with van der Waals surface area (Å²) in [5, 5.41) is 0. The van der Waals surface area contributed by atoms with E-state index in [9.17, 15) is 0 Å². The summed E-state index contributed by atoms with van der Waals surface area (Å²) in [6, 6.07) is 6.14. The number of ether oxygens (including phenoxy) is 1. The molecule has 1 aliphatic rings. The summed E-state index contributed by atoms with van der Waals surface area (Å²) in [5.74, 6) is 2.01. The van der Waals surface area contributed by atoms with Gasteiger partial charge in [-0.15, -0.1) is 0 Å². The highest BCUT2D eigenvalue weighted by Crippen LogP contribution is 2.35. The van der Waals surface area contributed by atoms with Gasteiger partial charge in [-0.25, -0.2) is 9.97 Å². The molecule has 1 aliphatic carbocycles. The summed E-state index contributed by atoms with van der Waals surface area (Å²) >= 11 is 3.53. The smallest absolute Gasteiger partial charge is 0.225 e. The van der Waals surface area contributed by atoms with Crippen LogP contribution in [0.25, 0.3) is 0 Å². The van der Waals surface area contributed by atoms with Gasteiger partial charge in [-0.3, -0.25) is 0 Å². The van der Waals surface area contributed by atoms with Gasteiger partial charge < -0.3 is 4.74 Å². The van der Waals surface area contributed by atoms with Gasteiger partial charge in [0.15, 0.2) is 0 Å². The van der Waals surface area contributed by atoms with Crippen LogP contribution in [0.1, 0.15) is 49.4 Å². The van der Waals surface area contributed by atoms with Crippen molar-refractivity contribution < 1.29 is 4.74 Å². The van der Waals surface area contributed by atoms with E-state index in [2.05, 4.69) is 45.8 Å². The van der Waals surface area contributed by atoms with Gasteiger partial charge >= 0.3 is 0 Å². The molecule has 3 nitrogen and oxygen atoms in total. The van der Waals surface area contributed by atoms with Crippen molar-refractivity contribution in [1.82, 2.24) is 9.97 Å². The second kappa shape index (κ2) is 6.14. The zero-order valence-electron chi connectivity index (χ0n) is 12.4. The predicted octanol–water partition coefficient (Wildman–Crippen LogP) is 5.03. The maximum atomic E-state index is 6.15. The minimum Gasteiger partial charge on any atom is -0.438 e. The van der Waals surface area contributed by atoms with Crippen LogP contribution in [-0.4, -0.2) is 9.97 Å². The summed E-state index contributed by atoms with van der Waals surface area (Å²) in [4.78, 5) is 8.76. The molecule has 0 aliphatic heterocycles. The van der Waals surface area contributed by atoms with Crippen LogP contribution in [0, 0.1) is 0 Å². The Bertz CT molecular complexity index is 655. The Morgan fingerprint density at radius 2 is 1.95 bits per heavy atom. The van der Waals surface area contributed by atoms with E-state index in [1.165, 1.54) is 24.0 Å². The zero-order chi connectivity index (χ0) is 14.8. The molecular weight excluding hydrogens is 328 g/mol. The summed E-state index contributed by atoms with van der Waals surface area (Å²) in [6.45, 7) is 4.34. The fourth-order valence-electron chi connectivity index (χ4n) is 2.75. The monoisotopic (exact) mass is 346 g/mol. The van der Waals surface area contributed by atoms with Crippen LogP contribution in [0.5, 0.6) is 11.6 Å². The number of hydrogen-bond donors (Lipinski definition) is 0. The van der Waals surface area contributed by atoms with E-state index in [0.29, 0.717) is 5.92 Å². The minimum atomic E-state index is 0.398. The number of benzene rings is 1. The Balaban J connectivity index is 1.98.